The van der Waals surface area contributed by atoms with Gasteiger partial charge < -0.3 is 5.32 Å². The summed E-state index contributed by atoms with van der Waals surface area (Å²) >= 11 is 0. The maximum absolute atomic E-state index is 11.7. The van der Waals surface area contributed by atoms with E-state index in [-0.39, 0.29) is 11.8 Å². The molecule has 0 aliphatic heterocycles. The lowest BCUT2D eigenvalue weighted by atomic mass is 9.89. The van der Waals surface area contributed by atoms with Crippen LogP contribution in [0.4, 0.5) is 0 Å². The van der Waals surface area contributed by atoms with Crippen molar-refractivity contribution in [3.05, 3.63) is 23.9 Å². The largest absolute Gasteiger partial charge is 0.388 e. The van der Waals surface area contributed by atoms with Crippen LogP contribution >= 0.6 is 0 Å². The van der Waals surface area contributed by atoms with Crippen LogP contribution in [0, 0.1) is 11.8 Å². The van der Waals surface area contributed by atoms with Crippen LogP contribution in [0.5, 0.6) is 0 Å². The third-order valence-corrected chi connectivity index (χ3v) is 2.29. The van der Waals surface area contributed by atoms with Crippen LogP contribution in [0.2, 0.25) is 0 Å². The van der Waals surface area contributed by atoms with Crippen molar-refractivity contribution in [3.63, 3.8) is 0 Å². The molecular weight excluding hydrogens is 162 g/mol. The Labute approximate surface area is 79.7 Å². The summed E-state index contributed by atoms with van der Waals surface area (Å²) in [6, 6.07) is 0. The fourth-order valence-electron chi connectivity index (χ4n) is 1.48. The molecule has 1 N–H and O–H groups in total. The Kier molecular flexibility index (Phi) is 3.29. The molecule has 0 bridgehead atoms. The van der Waals surface area contributed by atoms with Gasteiger partial charge in [-0.25, -0.2) is 0 Å². The predicted molar refractivity (Wildman–Crippen MR) is 54.2 cm³/mol. The summed E-state index contributed by atoms with van der Waals surface area (Å²) in [6.45, 7) is 3.90. The summed E-state index contributed by atoms with van der Waals surface area (Å²) in [7, 11) is 1.87. The fraction of sp³-hybridized carbons (Fsp3) is 0.545. The zero-order valence-corrected chi connectivity index (χ0v) is 8.50. The maximum atomic E-state index is 11.7. The number of hydrogen-bond acceptors (Lipinski definition) is 2. The van der Waals surface area contributed by atoms with Gasteiger partial charge in [-0.15, -0.1) is 0 Å². The highest BCUT2D eigenvalue weighted by Crippen LogP contribution is 2.19. The van der Waals surface area contributed by atoms with Crippen molar-refractivity contribution in [2.45, 2.75) is 20.3 Å². The first-order chi connectivity index (χ1) is 6.15. The molecule has 0 aromatic rings. The summed E-state index contributed by atoms with van der Waals surface area (Å²) in [5.74, 6) is 0.537. The van der Waals surface area contributed by atoms with Crippen LogP contribution in [-0.2, 0) is 4.79 Å². The number of hydrogen-bond donors (Lipinski definition) is 1. The number of likely N-dealkylation sites (N-methyl/N-ethyl adjacent to an activating group) is 1. The van der Waals surface area contributed by atoms with E-state index >= 15 is 0 Å². The highest BCUT2D eigenvalue weighted by molar-refractivity contribution is 5.85. The lowest BCUT2D eigenvalue weighted by Crippen LogP contribution is -2.21. The van der Waals surface area contributed by atoms with Crippen molar-refractivity contribution in [3.8, 4) is 0 Å². The summed E-state index contributed by atoms with van der Waals surface area (Å²) in [6.07, 6.45) is 6.94. The molecule has 13 heavy (non-hydrogen) atoms. The standard InChI is InChI=1S/C11H17NO/c1-8(2)11(13)9-5-4-6-10(7-9)12-3/h4,6-9,12H,5H2,1-3H3. The van der Waals surface area contributed by atoms with Crippen molar-refractivity contribution in [2.75, 3.05) is 7.05 Å². The van der Waals surface area contributed by atoms with Crippen molar-refractivity contribution in [1.82, 2.24) is 5.32 Å². The number of Topliss-reactive ketones (excluding diaryl/α,β-unsaturated/α-hetero) is 1. The fourth-order valence-corrected chi connectivity index (χ4v) is 1.48. The monoisotopic (exact) mass is 179 g/mol. The molecule has 0 fully saturated rings. The second-order valence-electron chi connectivity index (χ2n) is 3.67. The number of allylic oxidation sites excluding steroid dienone is 3. The molecular formula is C11H17NO. The van der Waals surface area contributed by atoms with E-state index in [4.69, 9.17) is 0 Å². The Balaban J connectivity index is 2.69. The van der Waals surface area contributed by atoms with E-state index in [2.05, 4.69) is 11.4 Å². The topological polar surface area (TPSA) is 29.1 Å². The van der Waals surface area contributed by atoms with Gasteiger partial charge in [0.2, 0.25) is 0 Å². The number of carbonyl (C=O) groups is 1. The Morgan fingerprint density at radius 3 is 2.85 bits per heavy atom. The van der Waals surface area contributed by atoms with Crippen LogP contribution in [0.1, 0.15) is 20.3 Å². The average Bonchev–Trinajstić information content (AvgIpc) is 2.16. The molecule has 1 unspecified atom stereocenters. The molecule has 0 radical (unpaired) electrons. The molecule has 0 saturated heterocycles. The number of carbonyl (C=O) groups excluding carboxylic acids is 1. The van der Waals surface area contributed by atoms with Gasteiger partial charge in [-0.1, -0.05) is 26.0 Å². The van der Waals surface area contributed by atoms with Crippen molar-refractivity contribution in [2.24, 2.45) is 11.8 Å². The van der Waals surface area contributed by atoms with E-state index in [0.29, 0.717) is 5.78 Å². The van der Waals surface area contributed by atoms with Crippen molar-refractivity contribution >= 4 is 5.78 Å². The van der Waals surface area contributed by atoms with E-state index < -0.39 is 0 Å². The van der Waals surface area contributed by atoms with Crippen LogP contribution in [0.15, 0.2) is 23.9 Å². The van der Waals surface area contributed by atoms with Gasteiger partial charge in [-0.3, -0.25) is 4.79 Å². The number of nitrogens with one attached hydrogen (secondary N) is 1. The molecule has 1 aliphatic carbocycles. The van der Waals surface area contributed by atoms with E-state index in [9.17, 15) is 4.79 Å². The molecule has 0 spiro atoms. The average molecular weight is 179 g/mol. The van der Waals surface area contributed by atoms with Gasteiger partial charge in [0.05, 0.1) is 0 Å². The molecule has 1 aliphatic rings. The van der Waals surface area contributed by atoms with E-state index in [0.717, 1.165) is 12.1 Å². The van der Waals surface area contributed by atoms with E-state index in [1.54, 1.807) is 0 Å². The van der Waals surface area contributed by atoms with Gasteiger partial charge in [-0.2, -0.15) is 0 Å². The first-order valence-electron chi connectivity index (χ1n) is 4.75. The second kappa shape index (κ2) is 4.26. The Bertz CT molecular complexity index is 251. The molecule has 2 nitrogen and oxygen atoms in total. The van der Waals surface area contributed by atoms with Crippen molar-refractivity contribution in [1.29, 1.82) is 0 Å². The van der Waals surface area contributed by atoms with Crippen LogP contribution < -0.4 is 5.32 Å². The van der Waals surface area contributed by atoms with Gasteiger partial charge in [0.25, 0.3) is 0 Å². The molecule has 2 heteroatoms. The minimum atomic E-state index is 0.0763. The van der Waals surface area contributed by atoms with Crippen molar-refractivity contribution < 1.29 is 4.79 Å². The summed E-state index contributed by atoms with van der Waals surface area (Å²) in [5, 5.41) is 3.05. The third kappa shape index (κ3) is 2.44. The highest BCUT2D eigenvalue weighted by atomic mass is 16.1. The lowest BCUT2D eigenvalue weighted by molar-refractivity contribution is -0.124. The first kappa shape index (κ1) is 10.0. The number of rotatable bonds is 3. The van der Waals surface area contributed by atoms with Crippen LogP contribution in [-0.4, -0.2) is 12.8 Å². The normalized spacial score (nSPS) is 21.5. The van der Waals surface area contributed by atoms with Gasteiger partial charge in [0.15, 0.2) is 0 Å². The SMILES string of the molecule is CNC1=CC(C(=O)C(C)C)CC=C1. The quantitative estimate of drug-likeness (QED) is 0.716. The minimum Gasteiger partial charge on any atom is -0.388 e. The molecule has 0 saturated carbocycles. The molecule has 0 aromatic carbocycles. The van der Waals surface area contributed by atoms with Crippen LogP contribution in [0.25, 0.3) is 0 Å². The molecule has 1 rings (SSSR count). The molecule has 0 amide bonds. The van der Waals surface area contributed by atoms with Gasteiger partial charge in [0.1, 0.15) is 5.78 Å². The van der Waals surface area contributed by atoms with Crippen LogP contribution in [0.3, 0.4) is 0 Å². The Hall–Kier alpha value is -1.05. The predicted octanol–water partition coefficient (Wildman–Crippen LogP) is 1.89. The zero-order chi connectivity index (χ0) is 9.84. The first-order valence-corrected chi connectivity index (χ1v) is 4.75. The van der Waals surface area contributed by atoms with E-state index in [1.165, 1.54) is 0 Å². The minimum absolute atomic E-state index is 0.0763. The lowest BCUT2D eigenvalue weighted by Gasteiger charge is -2.17. The van der Waals surface area contributed by atoms with Gasteiger partial charge >= 0.3 is 0 Å². The Morgan fingerprint density at radius 1 is 1.62 bits per heavy atom. The molecule has 0 heterocycles. The highest BCUT2D eigenvalue weighted by Gasteiger charge is 2.19. The summed E-state index contributed by atoms with van der Waals surface area (Å²) in [5.41, 5.74) is 1.05. The van der Waals surface area contributed by atoms with Gasteiger partial charge in [-0.05, 0) is 12.5 Å². The van der Waals surface area contributed by atoms with E-state index in [1.807, 2.05) is 33.0 Å². The third-order valence-electron chi connectivity index (χ3n) is 2.29. The summed E-state index contributed by atoms with van der Waals surface area (Å²) < 4.78 is 0. The zero-order valence-electron chi connectivity index (χ0n) is 8.50. The molecule has 0 aromatic heterocycles. The number of ketones is 1. The smallest absolute Gasteiger partial charge is 0.142 e. The summed E-state index contributed by atoms with van der Waals surface area (Å²) in [4.78, 5) is 11.7. The second-order valence-corrected chi connectivity index (χ2v) is 3.67. The maximum Gasteiger partial charge on any atom is 0.142 e. The molecule has 1 atom stereocenters. The molecule has 72 valence electrons. The van der Waals surface area contributed by atoms with Gasteiger partial charge in [0, 0.05) is 24.6 Å². The Morgan fingerprint density at radius 2 is 2.31 bits per heavy atom.